The van der Waals surface area contributed by atoms with Crippen LogP contribution in [0.5, 0.6) is 11.5 Å². The number of β-lactam (4-membered cyclic amide) rings is 1. The standard InChI is InChI=1S/C29H24N2O6S.C18H28O3S/c1-29(36)16-38-27-21(30-24(32)19-14-8-9-15-20(19)25(30)33)26(34)31(27)23(29)28(35)37-22(17-10-4-2-5-11-17)18-12-6-3-7-13-18;1-3-4-5-6-7-8-11-22(19)15(2)12-16-9-10-17-18(13-16)21-14-20-17/h2-15,21-23,27,36H,16H2,1H3;9-10,13,15H,3-8,11-12,14H2,1-2H3/t21?,23?,27-,29?;/m1./s1. The highest BCUT2D eigenvalue weighted by Gasteiger charge is 2.65. The molecule has 0 radical (unpaired) electrons. The summed E-state index contributed by atoms with van der Waals surface area (Å²) in [5, 5.41) is 10.8. The third-order valence-electron chi connectivity index (χ3n) is 11.3. The summed E-state index contributed by atoms with van der Waals surface area (Å²) in [7, 11) is -0.743. The van der Waals surface area contributed by atoms with E-state index in [4.69, 9.17) is 14.2 Å². The number of esters is 1. The van der Waals surface area contributed by atoms with Crippen molar-refractivity contribution in [1.29, 1.82) is 0 Å². The molecule has 8 rings (SSSR count). The molecule has 0 spiro atoms. The minimum atomic E-state index is -1.58. The van der Waals surface area contributed by atoms with Gasteiger partial charge in [-0.2, -0.15) is 0 Å². The molecule has 13 heteroatoms. The van der Waals surface area contributed by atoms with E-state index in [1.165, 1.54) is 61.3 Å². The highest BCUT2D eigenvalue weighted by molar-refractivity contribution is 8.00. The maximum Gasteiger partial charge on any atom is 0.332 e. The van der Waals surface area contributed by atoms with E-state index in [-0.39, 0.29) is 22.1 Å². The molecule has 4 aliphatic heterocycles. The summed E-state index contributed by atoms with van der Waals surface area (Å²) in [6.45, 7) is 6.10. The number of ether oxygens (including phenoxy) is 3. The lowest BCUT2D eigenvalue weighted by Crippen LogP contribution is -2.79. The van der Waals surface area contributed by atoms with Crippen molar-refractivity contribution >= 4 is 46.3 Å². The van der Waals surface area contributed by atoms with Crippen LogP contribution in [-0.4, -0.2) is 89.4 Å². The third-order valence-corrected chi connectivity index (χ3v) is 14.7. The SMILES string of the molecule is CC1(O)CS[C@@H]2C(N3C(=O)c4ccccc4C3=O)C(=O)N2C1C(=O)OC(c1ccccc1)c1ccccc1.CCCCCCCCS(=O)C(C)Cc1ccc2c(c1)OCO2. The molecular formula is C47H52N2O9S2. The molecule has 4 heterocycles. The molecular weight excluding hydrogens is 801 g/mol. The van der Waals surface area contributed by atoms with E-state index >= 15 is 0 Å². The number of hydrogen-bond donors (Lipinski definition) is 1. The minimum absolute atomic E-state index is 0.113. The number of carbonyl (C=O) groups is 4. The van der Waals surface area contributed by atoms with Gasteiger partial charge in [0, 0.05) is 27.6 Å². The number of aliphatic hydroxyl groups is 1. The molecule has 2 fully saturated rings. The second kappa shape index (κ2) is 19.2. The van der Waals surface area contributed by atoms with Gasteiger partial charge in [-0.15, -0.1) is 11.8 Å². The Hall–Kier alpha value is -4.98. The van der Waals surface area contributed by atoms with E-state index in [0.717, 1.165) is 46.1 Å². The maximum absolute atomic E-state index is 13.7. The molecule has 4 aromatic carbocycles. The normalized spacial score (nSPS) is 22.4. The van der Waals surface area contributed by atoms with Gasteiger partial charge < -0.3 is 24.2 Å². The first-order chi connectivity index (χ1) is 29.0. The number of carbonyl (C=O) groups excluding carboxylic acids is 4. The number of amides is 3. The van der Waals surface area contributed by atoms with Gasteiger partial charge in [-0.3, -0.25) is 23.5 Å². The zero-order chi connectivity index (χ0) is 42.4. The monoisotopic (exact) mass is 852 g/mol. The van der Waals surface area contributed by atoms with Crippen LogP contribution in [0.3, 0.4) is 0 Å². The van der Waals surface area contributed by atoms with E-state index < -0.39 is 63.7 Å². The van der Waals surface area contributed by atoms with Gasteiger partial charge in [0.25, 0.3) is 17.7 Å². The summed E-state index contributed by atoms with van der Waals surface area (Å²) in [4.78, 5) is 55.6. The summed E-state index contributed by atoms with van der Waals surface area (Å²) in [5.74, 6) is 0.168. The Morgan fingerprint density at radius 1 is 0.850 bits per heavy atom. The van der Waals surface area contributed by atoms with E-state index in [2.05, 4.69) is 13.8 Å². The first kappa shape index (κ1) is 43.1. The molecule has 11 nitrogen and oxygen atoms in total. The van der Waals surface area contributed by atoms with Gasteiger partial charge in [0.2, 0.25) is 6.79 Å². The number of hydrogen-bond acceptors (Lipinski definition) is 10. The predicted molar refractivity (Wildman–Crippen MR) is 231 cm³/mol. The van der Waals surface area contributed by atoms with Crippen molar-refractivity contribution in [2.24, 2.45) is 0 Å². The quantitative estimate of drug-likeness (QED) is 0.0555. The third kappa shape index (κ3) is 9.18. The maximum atomic E-state index is 13.7. The zero-order valence-electron chi connectivity index (χ0n) is 34.2. The molecule has 0 aromatic heterocycles. The van der Waals surface area contributed by atoms with E-state index in [9.17, 15) is 28.5 Å². The lowest BCUT2D eigenvalue weighted by atomic mass is 9.90. The van der Waals surface area contributed by atoms with Crippen molar-refractivity contribution < 1.29 is 42.7 Å². The topological polar surface area (TPSA) is 140 Å². The van der Waals surface area contributed by atoms with Crippen LogP contribution < -0.4 is 9.47 Å². The van der Waals surface area contributed by atoms with Crippen LogP contribution in [0, 0.1) is 0 Å². The van der Waals surface area contributed by atoms with Gasteiger partial charge in [0.15, 0.2) is 23.6 Å². The van der Waals surface area contributed by atoms with Crippen LogP contribution >= 0.6 is 11.8 Å². The molecule has 4 aliphatic rings. The van der Waals surface area contributed by atoms with Gasteiger partial charge in [-0.1, -0.05) is 125 Å². The average molecular weight is 853 g/mol. The minimum Gasteiger partial charge on any atom is -0.454 e. The summed E-state index contributed by atoms with van der Waals surface area (Å²) in [6.07, 6.45) is 7.57. The van der Waals surface area contributed by atoms with Crippen LogP contribution in [0.1, 0.15) is 103 Å². The summed E-state index contributed by atoms with van der Waals surface area (Å²) >= 11 is 1.24. The zero-order valence-corrected chi connectivity index (χ0v) is 35.8. The molecule has 60 heavy (non-hydrogen) atoms. The summed E-state index contributed by atoms with van der Waals surface area (Å²) < 4.78 is 29.0. The van der Waals surface area contributed by atoms with Crippen molar-refractivity contribution in [1.82, 2.24) is 9.80 Å². The number of benzene rings is 4. The van der Waals surface area contributed by atoms with Crippen LogP contribution in [0.2, 0.25) is 0 Å². The van der Waals surface area contributed by atoms with Crippen LogP contribution in [0.25, 0.3) is 0 Å². The second-order valence-corrected chi connectivity index (χ2v) is 19.0. The van der Waals surface area contributed by atoms with E-state index in [0.29, 0.717) is 6.79 Å². The molecule has 316 valence electrons. The highest BCUT2D eigenvalue weighted by Crippen LogP contribution is 2.46. The Balaban J connectivity index is 0.000000211. The molecule has 3 amide bonds. The summed E-state index contributed by atoms with van der Waals surface area (Å²) in [6, 6.07) is 28.5. The number of rotatable bonds is 15. The molecule has 2 saturated heterocycles. The molecule has 5 unspecified atom stereocenters. The molecule has 1 N–H and O–H groups in total. The van der Waals surface area contributed by atoms with Crippen molar-refractivity contribution in [3.8, 4) is 11.5 Å². The predicted octanol–water partition coefficient (Wildman–Crippen LogP) is 7.47. The van der Waals surface area contributed by atoms with Gasteiger partial charge in [-0.25, -0.2) is 4.79 Å². The Labute approximate surface area is 358 Å². The molecule has 6 atom stereocenters. The Kier molecular flexibility index (Phi) is 13.8. The lowest BCUT2D eigenvalue weighted by Gasteiger charge is -2.57. The van der Waals surface area contributed by atoms with Gasteiger partial charge in [0.1, 0.15) is 17.0 Å². The molecule has 0 saturated carbocycles. The smallest absolute Gasteiger partial charge is 0.332 e. The first-order valence-electron chi connectivity index (χ1n) is 20.7. The Morgan fingerprint density at radius 2 is 1.43 bits per heavy atom. The molecule has 4 aromatic rings. The fraction of sp³-hybridized carbons (Fsp3) is 0.404. The summed E-state index contributed by atoms with van der Waals surface area (Å²) in [5.41, 5.74) is 1.58. The average Bonchev–Trinajstić information content (AvgIpc) is 3.83. The first-order valence-corrected chi connectivity index (χ1v) is 23.1. The van der Waals surface area contributed by atoms with Crippen LogP contribution in [0.15, 0.2) is 103 Å². The largest absolute Gasteiger partial charge is 0.454 e. The Bertz CT molecular complexity index is 2130. The number of nitrogens with zero attached hydrogens (tertiary/aromatic N) is 2. The van der Waals surface area contributed by atoms with Gasteiger partial charge in [-0.05, 0) is 60.7 Å². The van der Waals surface area contributed by atoms with Crippen LogP contribution in [0.4, 0.5) is 0 Å². The van der Waals surface area contributed by atoms with Crippen molar-refractivity contribution in [2.45, 2.75) is 100 Å². The van der Waals surface area contributed by atoms with E-state index in [1.54, 1.807) is 24.3 Å². The highest BCUT2D eigenvalue weighted by atomic mass is 32.2. The number of fused-ring (bicyclic) bond motifs is 3. The fourth-order valence-electron chi connectivity index (χ4n) is 8.10. The number of thioether (sulfide) groups is 1. The van der Waals surface area contributed by atoms with E-state index in [1.807, 2.05) is 78.9 Å². The number of unbranched alkanes of at least 4 members (excludes halogenated alkanes) is 5. The van der Waals surface area contributed by atoms with Crippen LogP contribution in [-0.2, 0) is 31.5 Å². The molecule has 0 aliphatic carbocycles. The van der Waals surface area contributed by atoms with Crippen molar-refractivity contribution in [2.75, 3.05) is 18.3 Å². The molecule has 0 bridgehead atoms. The number of imide groups is 1. The Morgan fingerprint density at radius 3 is 2.07 bits per heavy atom. The fourth-order valence-corrected chi connectivity index (χ4v) is 10.8. The second-order valence-electron chi connectivity index (χ2n) is 15.9. The van der Waals surface area contributed by atoms with Gasteiger partial charge in [0.05, 0.1) is 11.1 Å². The van der Waals surface area contributed by atoms with Gasteiger partial charge >= 0.3 is 5.97 Å². The van der Waals surface area contributed by atoms with Crippen molar-refractivity contribution in [3.05, 3.63) is 131 Å². The lowest BCUT2D eigenvalue weighted by molar-refractivity contribution is -0.182. The van der Waals surface area contributed by atoms with Crippen molar-refractivity contribution in [3.63, 3.8) is 0 Å².